The highest BCUT2D eigenvalue weighted by atomic mass is 32.1. The molecule has 6 heteroatoms. The molecular weight excluding hydrogens is 284 g/mol. The highest BCUT2D eigenvalue weighted by molar-refractivity contribution is 7.07. The van der Waals surface area contributed by atoms with Crippen molar-refractivity contribution in [1.82, 2.24) is 15.5 Å². The third kappa shape index (κ3) is 4.98. The molecule has 0 aliphatic carbocycles. The molecule has 0 saturated carbocycles. The van der Waals surface area contributed by atoms with Crippen molar-refractivity contribution in [2.45, 2.75) is 32.5 Å². The lowest BCUT2D eigenvalue weighted by Gasteiger charge is -2.38. The van der Waals surface area contributed by atoms with Crippen LogP contribution in [-0.4, -0.2) is 56.3 Å². The molecule has 2 rings (SSSR count). The molecular formula is C15H26N4OS. The summed E-state index contributed by atoms with van der Waals surface area (Å²) in [5, 5.41) is 11.0. The van der Waals surface area contributed by atoms with Gasteiger partial charge < -0.3 is 15.4 Å². The van der Waals surface area contributed by atoms with E-state index in [2.05, 4.69) is 51.2 Å². The molecule has 1 aromatic rings. The van der Waals surface area contributed by atoms with Crippen molar-refractivity contribution in [1.29, 1.82) is 0 Å². The normalized spacial score (nSPS) is 22.0. The Morgan fingerprint density at radius 3 is 3.10 bits per heavy atom. The van der Waals surface area contributed by atoms with E-state index in [0.717, 1.165) is 38.8 Å². The summed E-state index contributed by atoms with van der Waals surface area (Å²) >= 11 is 1.72. The van der Waals surface area contributed by atoms with Crippen LogP contribution in [-0.2, 0) is 11.3 Å². The van der Waals surface area contributed by atoms with Gasteiger partial charge in [0, 0.05) is 38.8 Å². The third-order valence-electron chi connectivity index (χ3n) is 3.81. The summed E-state index contributed by atoms with van der Waals surface area (Å²) in [7, 11) is 1.81. The van der Waals surface area contributed by atoms with E-state index in [-0.39, 0.29) is 0 Å². The highest BCUT2D eigenvalue weighted by Gasteiger charge is 2.23. The van der Waals surface area contributed by atoms with E-state index < -0.39 is 0 Å². The minimum Gasteiger partial charge on any atom is -0.379 e. The Balaban J connectivity index is 1.74. The second kappa shape index (κ2) is 8.36. The quantitative estimate of drug-likeness (QED) is 0.639. The van der Waals surface area contributed by atoms with Gasteiger partial charge in [-0.15, -0.1) is 0 Å². The minimum absolute atomic E-state index is 0.462. The van der Waals surface area contributed by atoms with Crippen LogP contribution in [0.15, 0.2) is 21.8 Å². The van der Waals surface area contributed by atoms with E-state index in [4.69, 9.17) is 4.74 Å². The molecule has 2 unspecified atom stereocenters. The van der Waals surface area contributed by atoms with Crippen LogP contribution < -0.4 is 10.6 Å². The summed E-state index contributed by atoms with van der Waals surface area (Å²) in [4.78, 5) is 6.77. The number of guanidine groups is 1. The van der Waals surface area contributed by atoms with Crippen LogP contribution in [0.25, 0.3) is 0 Å². The van der Waals surface area contributed by atoms with Gasteiger partial charge in [0.1, 0.15) is 0 Å². The number of thiophene rings is 1. The Morgan fingerprint density at radius 2 is 2.43 bits per heavy atom. The number of morpholine rings is 1. The van der Waals surface area contributed by atoms with Crippen LogP contribution in [0.2, 0.25) is 0 Å². The minimum atomic E-state index is 0.462. The molecule has 2 atom stereocenters. The van der Waals surface area contributed by atoms with Crippen molar-refractivity contribution in [3.63, 3.8) is 0 Å². The lowest BCUT2D eigenvalue weighted by Crippen LogP contribution is -2.52. The van der Waals surface area contributed by atoms with Gasteiger partial charge in [0.2, 0.25) is 0 Å². The Labute approximate surface area is 131 Å². The Hall–Kier alpha value is -1.11. The van der Waals surface area contributed by atoms with E-state index in [9.17, 15) is 0 Å². The van der Waals surface area contributed by atoms with Crippen LogP contribution in [0.1, 0.15) is 19.4 Å². The molecule has 2 N–H and O–H groups in total. The Bertz CT molecular complexity index is 435. The van der Waals surface area contributed by atoms with Gasteiger partial charge in [0.05, 0.1) is 13.2 Å². The Morgan fingerprint density at radius 1 is 1.57 bits per heavy atom. The van der Waals surface area contributed by atoms with Crippen molar-refractivity contribution < 1.29 is 4.74 Å². The second-order valence-corrected chi connectivity index (χ2v) is 6.23. The van der Waals surface area contributed by atoms with Crippen LogP contribution in [0.5, 0.6) is 0 Å². The first-order valence-corrected chi connectivity index (χ1v) is 8.44. The number of hydrogen-bond acceptors (Lipinski definition) is 4. The van der Waals surface area contributed by atoms with Gasteiger partial charge >= 0.3 is 0 Å². The molecule has 0 radical (unpaired) electrons. The van der Waals surface area contributed by atoms with Crippen molar-refractivity contribution >= 4 is 17.3 Å². The second-order valence-electron chi connectivity index (χ2n) is 5.45. The zero-order chi connectivity index (χ0) is 15.1. The first-order chi connectivity index (χ1) is 10.2. The fraction of sp³-hybridized carbons (Fsp3) is 0.667. The topological polar surface area (TPSA) is 48.9 Å². The molecule has 5 nitrogen and oxygen atoms in total. The number of rotatable bonds is 5. The smallest absolute Gasteiger partial charge is 0.191 e. The SMILES string of the molecule is CN=C(NCc1ccsc1)NCC(C)N1CCOCC1C. The van der Waals surface area contributed by atoms with Crippen molar-refractivity contribution in [3.8, 4) is 0 Å². The van der Waals surface area contributed by atoms with Crippen LogP contribution in [0, 0.1) is 0 Å². The van der Waals surface area contributed by atoms with Gasteiger partial charge in [0.25, 0.3) is 0 Å². The first kappa shape index (κ1) is 16.3. The van der Waals surface area contributed by atoms with Crippen LogP contribution in [0.4, 0.5) is 0 Å². The molecule has 118 valence electrons. The van der Waals surface area contributed by atoms with Crippen molar-refractivity contribution in [2.75, 3.05) is 33.4 Å². The van der Waals surface area contributed by atoms with Gasteiger partial charge in [-0.1, -0.05) is 0 Å². The maximum absolute atomic E-state index is 5.49. The number of nitrogens with zero attached hydrogens (tertiary/aromatic N) is 2. The first-order valence-electron chi connectivity index (χ1n) is 7.49. The summed E-state index contributed by atoms with van der Waals surface area (Å²) in [6, 6.07) is 3.07. The maximum atomic E-state index is 5.49. The monoisotopic (exact) mass is 310 g/mol. The van der Waals surface area contributed by atoms with Crippen molar-refractivity contribution in [3.05, 3.63) is 22.4 Å². The van der Waals surface area contributed by atoms with Gasteiger partial charge in [-0.25, -0.2) is 0 Å². The van der Waals surface area contributed by atoms with E-state index >= 15 is 0 Å². The standard InChI is InChI=1S/C15H26N4OS/c1-12(19-5-6-20-10-13(19)2)8-17-15(16-3)18-9-14-4-7-21-11-14/h4,7,11-13H,5-6,8-10H2,1-3H3,(H2,16,17,18). The maximum Gasteiger partial charge on any atom is 0.191 e. The van der Waals surface area contributed by atoms with E-state index in [0.29, 0.717) is 12.1 Å². The predicted molar refractivity (Wildman–Crippen MR) is 89.0 cm³/mol. The molecule has 21 heavy (non-hydrogen) atoms. The molecule has 1 aromatic heterocycles. The average Bonchev–Trinajstić information content (AvgIpc) is 3.01. The van der Waals surface area contributed by atoms with Gasteiger partial charge in [-0.05, 0) is 36.2 Å². The van der Waals surface area contributed by atoms with E-state index in [1.807, 2.05) is 7.05 Å². The fourth-order valence-corrected chi connectivity index (χ4v) is 3.22. The molecule has 2 heterocycles. The molecule has 1 aliphatic rings. The summed E-state index contributed by atoms with van der Waals surface area (Å²) in [6.07, 6.45) is 0. The third-order valence-corrected chi connectivity index (χ3v) is 4.55. The lowest BCUT2D eigenvalue weighted by molar-refractivity contribution is -0.0174. The summed E-state index contributed by atoms with van der Waals surface area (Å²) in [6.45, 7) is 8.83. The van der Waals surface area contributed by atoms with Crippen LogP contribution in [0.3, 0.4) is 0 Å². The number of nitrogens with one attached hydrogen (secondary N) is 2. The van der Waals surface area contributed by atoms with Crippen molar-refractivity contribution in [2.24, 2.45) is 4.99 Å². The molecule has 1 saturated heterocycles. The van der Waals surface area contributed by atoms with E-state index in [1.165, 1.54) is 5.56 Å². The lowest BCUT2D eigenvalue weighted by atomic mass is 10.2. The Kier molecular flexibility index (Phi) is 6.48. The zero-order valence-corrected chi connectivity index (χ0v) is 13.9. The van der Waals surface area contributed by atoms with Crippen LogP contribution >= 0.6 is 11.3 Å². The highest BCUT2D eigenvalue weighted by Crippen LogP contribution is 2.10. The molecule has 1 aliphatic heterocycles. The number of aliphatic imine (C=N–C) groups is 1. The molecule has 0 amide bonds. The van der Waals surface area contributed by atoms with E-state index in [1.54, 1.807) is 11.3 Å². The summed E-state index contributed by atoms with van der Waals surface area (Å²) in [5.74, 6) is 0.856. The van der Waals surface area contributed by atoms with Gasteiger partial charge in [0.15, 0.2) is 5.96 Å². The fourth-order valence-electron chi connectivity index (χ4n) is 2.56. The van der Waals surface area contributed by atoms with Gasteiger partial charge in [-0.3, -0.25) is 9.89 Å². The molecule has 0 spiro atoms. The molecule has 1 fully saturated rings. The number of ether oxygens (including phenoxy) is 1. The molecule has 0 aromatic carbocycles. The summed E-state index contributed by atoms with van der Waals surface area (Å²) in [5.41, 5.74) is 1.29. The zero-order valence-electron chi connectivity index (χ0n) is 13.1. The van der Waals surface area contributed by atoms with Gasteiger partial charge in [-0.2, -0.15) is 11.3 Å². The summed E-state index contributed by atoms with van der Waals surface area (Å²) < 4.78 is 5.49. The molecule has 0 bridgehead atoms. The predicted octanol–water partition coefficient (Wildman–Crippen LogP) is 1.52. The largest absolute Gasteiger partial charge is 0.379 e. The number of hydrogen-bond donors (Lipinski definition) is 2. The average molecular weight is 310 g/mol.